The lowest BCUT2D eigenvalue weighted by Gasteiger charge is -2.12. The number of carbonyl (C=O) groups excluding carboxylic acids is 1. The average Bonchev–Trinajstić information content (AvgIpc) is 2.54. The minimum atomic E-state index is -3.41. The zero-order valence-electron chi connectivity index (χ0n) is 14.5. The Kier molecular flexibility index (Phi) is 8.61. The van der Waals surface area contributed by atoms with Crippen molar-refractivity contribution in [1.82, 2.24) is 0 Å². The molecule has 24 heavy (non-hydrogen) atoms. The van der Waals surface area contributed by atoms with Crippen molar-refractivity contribution in [1.29, 1.82) is 0 Å². The zero-order valence-corrected chi connectivity index (χ0v) is 15.4. The number of esters is 1. The van der Waals surface area contributed by atoms with Crippen LogP contribution in [0.4, 0.5) is 5.69 Å². The monoisotopic (exact) mass is 353 g/mol. The van der Waals surface area contributed by atoms with Gasteiger partial charge in [-0.2, -0.15) is 0 Å². The standard InChI is InChI=1S/C17H24NO5P/c1-5-21-17(19)16(18-15-10-8-14(4)9-11-15)12-13-24(20,22-6-2)23-7-3/h8-13H,5-7H2,1-4H3/b13-12+,18-16?. The van der Waals surface area contributed by atoms with Crippen LogP contribution in [0.15, 0.2) is 41.2 Å². The lowest BCUT2D eigenvalue weighted by atomic mass is 10.2. The summed E-state index contributed by atoms with van der Waals surface area (Å²) in [6.45, 7) is 7.76. The van der Waals surface area contributed by atoms with Crippen LogP contribution in [0, 0.1) is 6.92 Å². The van der Waals surface area contributed by atoms with Crippen molar-refractivity contribution in [2.24, 2.45) is 4.99 Å². The first kappa shape index (κ1) is 20.3. The minimum Gasteiger partial charge on any atom is -0.461 e. The van der Waals surface area contributed by atoms with Crippen LogP contribution in [0.1, 0.15) is 26.3 Å². The molecule has 0 aliphatic carbocycles. The maximum atomic E-state index is 12.5. The number of hydrogen-bond donors (Lipinski definition) is 0. The third kappa shape index (κ3) is 6.79. The molecule has 0 amide bonds. The number of aliphatic imine (C=N–C) groups is 1. The number of aryl methyl sites for hydroxylation is 1. The van der Waals surface area contributed by atoms with Crippen LogP contribution in [-0.2, 0) is 23.1 Å². The molecule has 0 aliphatic rings. The van der Waals surface area contributed by atoms with Gasteiger partial charge in [0.25, 0.3) is 0 Å². The van der Waals surface area contributed by atoms with Crippen LogP contribution >= 0.6 is 7.60 Å². The Bertz CT molecular complexity index is 627. The largest absolute Gasteiger partial charge is 0.461 e. The van der Waals surface area contributed by atoms with E-state index in [0.717, 1.165) is 5.56 Å². The first-order valence-corrected chi connectivity index (χ1v) is 9.45. The molecule has 1 aromatic carbocycles. The molecular formula is C17H24NO5P. The molecule has 132 valence electrons. The normalized spacial score (nSPS) is 12.6. The van der Waals surface area contributed by atoms with Crippen molar-refractivity contribution in [3.05, 3.63) is 41.7 Å². The first-order valence-electron chi connectivity index (χ1n) is 7.84. The second-order valence-electron chi connectivity index (χ2n) is 4.74. The second-order valence-corrected chi connectivity index (χ2v) is 6.64. The Morgan fingerprint density at radius 3 is 2.17 bits per heavy atom. The summed E-state index contributed by atoms with van der Waals surface area (Å²) in [5.41, 5.74) is 1.70. The zero-order chi connectivity index (χ0) is 18.0. The smallest absolute Gasteiger partial charge is 0.356 e. The predicted molar refractivity (Wildman–Crippen MR) is 94.9 cm³/mol. The molecule has 0 heterocycles. The molecule has 0 N–H and O–H groups in total. The van der Waals surface area contributed by atoms with Crippen molar-refractivity contribution in [3.63, 3.8) is 0 Å². The van der Waals surface area contributed by atoms with Crippen LogP contribution in [-0.4, -0.2) is 31.5 Å². The highest BCUT2D eigenvalue weighted by molar-refractivity contribution is 7.57. The molecule has 0 aromatic heterocycles. The van der Waals surface area contributed by atoms with Gasteiger partial charge in [-0.3, -0.25) is 4.57 Å². The summed E-state index contributed by atoms with van der Waals surface area (Å²) in [5.74, 6) is 0.637. The van der Waals surface area contributed by atoms with E-state index in [-0.39, 0.29) is 25.5 Å². The minimum absolute atomic E-state index is 0.0281. The van der Waals surface area contributed by atoms with Gasteiger partial charge in [-0.25, -0.2) is 9.79 Å². The Balaban J connectivity index is 3.13. The van der Waals surface area contributed by atoms with Gasteiger partial charge in [0.2, 0.25) is 0 Å². The van der Waals surface area contributed by atoms with E-state index in [2.05, 4.69) is 4.99 Å². The molecule has 0 atom stereocenters. The highest BCUT2D eigenvalue weighted by Gasteiger charge is 2.20. The second kappa shape index (κ2) is 10.2. The fraction of sp³-hybridized carbons (Fsp3) is 0.412. The Morgan fingerprint density at radius 2 is 1.67 bits per heavy atom. The van der Waals surface area contributed by atoms with E-state index in [1.165, 1.54) is 11.9 Å². The summed E-state index contributed by atoms with van der Waals surface area (Å²) in [6, 6.07) is 7.34. The summed E-state index contributed by atoms with van der Waals surface area (Å²) in [4.78, 5) is 16.3. The molecule has 0 saturated carbocycles. The number of hydrogen-bond acceptors (Lipinski definition) is 6. The quantitative estimate of drug-likeness (QED) is 0.373. The fourth-order valence-corrected chi connectivity index (χ4v) is 3.05. The maximum Gasteiger partial charge on any atom is 0.356 e. The molecule has 1 rings (SSSR count). The van der Waals surface area contributed by atoms with Gasteiger partial charge in [0.05, 0.1) is 25.5 Å². The molecule has 0 bridgehead atoms. The average molecular weight is 353 g/mol. The van der Waals surface area contributed by atoms with Gasteiger partial charge < -0.3 is 13.8 Å². The van der Waals surface area contributed by atoms with E-state index in [1.54, 1.807) is 32.9 Å². The summed E-state index contributed by atoms with van der Waals surface area (Å²) in [5, 5.41) is 0. The van der Waals surface area contributed by atoms with Crippen LogP contribution in [0.2, 0.25) is 0 Å². The van der Waals surface area contributed by atoms with Gasteiger partial charge in [0.1, 0.15) is 5.71 Å². The lowest BCUT2D eigenvalue weighted by molar-refractivity contribution is -0.134. The maximum absolute atomic E-state index is 12.5. The Morgan fingerprint density at radius 1 is 1.08 bits per heavy atom. The van der Waals surface area contributed by atoms with Crippen molar-refractivity contribution < 1.29 is 23.1 Å². The molecule has 0 radical (unpaired) electrons. The van der Waals surface area contributed by atoms with E-state index in [1.807, 2.05) is 19.1 Å². The molecule has 0 fully saturated rings. The van der Waals surface area contributed by atoms with Crippen molar-refractivity contribution in [2.75, 3.05) is 19.8 Å². The lowest BCUT2D eigenvalue weighted by Crippen LogP contribution is -2.15. The summed E-state index contributed by atoms with van der Waals surface area (Å²) < 4.78 is 27.8. The van der Waals surface area contributed by atoms with E-state index in [4.69, 9.17) is 13.8 Å². The fourth-order valence-electron chi connectivity index (χ4n) is 1.76. The Labute approximate surface area is 143 Å². The van der Waals surface area contributed by atoms with Gasteiger partial charge in [-0.05, 0) is 45.9 Å². The first-order chi connectivity index (χ1) is 11.4. The van der Waals surface area contributed by atoms with Gasteiger partial charge in [0.15, 0.2) is 0 Å². The van der Waals surface area contributed by atoms with Crippen LogP contribution in [0.3, 0.4) is 0 Å². The summed E-state index contributed by atoms with van der Waals surface area (Å²) in [6.07, 6.45) is 1.32. The van der Waals surface area contributed by atoms with Gasteiger partial charge >= 0.3 is 13.6 Å². The van der Waals surface area contributed by atoms with Gasteiger partial charge in [-0.1, -0.05) is 17.7 Å². The van der Waals surface area contributed by atoms with Crippen LogP contribution in [0.25, 0.3) is 0 Å². The van der Waals surface area contributed by atoms with E-state index < -0.39 is 13.6 Å². The van der Waals surface area contributed by atoms with Gasteiger partial charge in [-0.15, -0.1) is 0 Å². The van der Waals surface area contributed by atoms with Crippen molar-refractivity contribution >= 4 is 25.0 Å². The third-order valence-electron chi connectivity index (χ3n) is 2.80. The van der Waals surface area contributed by atoms with Crippen LogP contribution < -0.4 is 0 Å². The molecule has 0 saturated heterocycles. The SMILES string of the molecule is CCOC(=O)C(/C=C/P(=O)(OCC)OCC)=Nc1ccc(C)cc1. The summed E-state index contributed by atoms with van der Waals surface area (Å²) >= 11 is 0. The summed E-state index contributed by atoms with van der Waals surface area (Å²) in [7, 11) is -3.41. The highest BCUT2D eigenvalue weighted by Crippen LogP contribution is 2.49. The Hall–Kier alpha value is -1.75. The molecule has 7 heteroatoms. The topological polar surface area (TPSA) is 74.2 Å². The van der Waals surface area contributed by atoms with E-state index >= 15 is 0 Å². The number of nitrogens with zero attached hydrogens (tertiary/aromatic N) is 1. The predicted octanol–water partition coefficient (Wildman–Crippen LogP) is 4.41. The molecule has 1 aromatic rings. The van der Waals surface area contributed by atoms with Crippen molar-refractivity contribution in [2.45, 2.75) is 27.7 Å². The highest BCUT2D eigenvalue weighted by atomic mass is 31.2. The van der Waals surface area contributed by atoms with E-state index in [0.29, 0.717) is 5.69 Å². The molecule has 6 nitrogen and oxygen atoms in total. The number of benzene rings is 1. The molecule has 0 unspecified atom stereocenters. The van der Waals surface area contributed by atoms with E-state index in [9.17, 15) is 9.36 Å². The molecule has 0 aliphatic heterocycles. The number of rotatable bonds is 9. The van der Waals surface area contributed by atoms with Crippen LogP contribution in [0.5, 0.6) is 0 Å². The molecular weight excluding hydrogens is 329 g/mol. The molecule has 0 spiro atoms. The number of carbonyl (C=O) groups is 1. The third-order valence-corrected chi connectivity index (χ3v) is 4.55. The number of ether oxygens (including phenoxy) is 1. The van der Waals surface area contributed by atoms with Crippen molar-refractivity contribution in [3.8, 4) is 0 Å². The van der Waals surface area contributed by atoms with Gasteiger partial charge in [0, 0.05) is 5.82 Å².